The molecule has 3 aromatic rings. The van der Waals surface area contributed by atoms with Crippen molar-refractivity contribution in [1.82, 2.24) is 5.43 Å². The Morgan fingerprint density at radius 3 is 2.68 bits per heavy atom. The SMILES string of the molecule is COc1cc(/C=N/NC(=O)c2ccccc2Br)cc(I)c1OCc1ccc(Cl)cc1Cl. The molecule has 3 aromatic carbocycles. The zero-order valence-electron chi connectivity index (χ0n) is 16.2. The predicted molar refractivity (Wildman–Crippen MR) is 136 cm³/mol. The third kappa shape index (κ3) is 6.35. The maximum Gasteiger partial charge on any atom is 0.272 e. The molecule has 0 radical (unpaired) electrons. The fourth-order valence-electron chi connectivity index (χ4n) is 2.61. The van der Waals surface area contributed by atoms with Crippen LogP contribution < -0.4 is 14.9 Å². The molecular formula is C22H16BrCl2IN2O3. The van der Waals surface area contributed by atoms with Gasteiger partial charge in [-0.15, -0.1) is 0 Å². The normalized spacial score (nSPS) is 10.9. The van der Waals surface area contributed by atoms with Crippen molar-refractivity contribution in [2.75, 3.05) is 7.11 Å². The van der Waals surface area contributed by atoms with Gasteiger partial charge in [0.15, 0.2) is 11.5 Å². The Kier molecular flexibility index (Phi) is 8.59. The molecule has 9 heteroatoms. The highest BCUT2D eigenvalue weighted by Gasteiger charge is 2.13. The van der Waals surface area contributed by atoms with Crippen LogP contribution >= 0.6 is 61.7 Å². The number of hydrogen-bond donors (Lipinski definition) is 1. The second-order valence-electron chi connectivity index (χ2n) is 6.24. The molecule has 0 aliphatic carbocycles. The number of carbonyl (C=O) groups excluding carboxylic acids is 1. The van der Waals surface area contributed by atoms with Crippen LogP contribution in [-0.4, -0.2) is 19.2 Å². The fourth-order valence-corrected chi connectivity index (χ4v) is 4.32. The maximum absolute atomic E-state index is 12.2. The van der Waals surface area contributed by atoms with E-state index in [0.29, 0.717) is 31.6 Å². The van der Waals surface area contributed by atoms with Crippen molar-refractivity contribution < 1.29 is 14.3 Å². The number of nitrogens with zero attached hydrogens (tertiary/aromatic N) is 1. The lowest BCUT2D eigenvalue weighted by atomic mass is 10.2. The number of amides is 1. The Morgan fingerprint density at radius 1 is 1.19 bits per heavy atom. The minimum absolute atomic E-state index is 0.262. The number of nitrogens with one attached hydrogen (secondary N) is 1. The smallest absolute Gasteiger partial charge is 0.272 e. The summed E-state index contributed by atoms with van der Waals surface area (Å²) in [5.74, 6) is 0.810. The lowest BCUT2D eigenvalue weighted by Gasteiger charge is -2.14. The Bertz CT molecular complexity index is 1140. The van der Waals surface area contributed by atoms with E-state index < -0.39 is 0 Å². The average molecular weight is 634 g/mol. The van der Waals surface area contributed by atoms with Gasteiger partial charge in [-0.25, -0.2) is 5.43 Å². The molecule has 0 fully saturated rings. The van der Waals surface area contributed by atoms with Gasteiger partial charge in [0.1, 0.15) is 6.61 Å². The summed E-state index contributed by atoms with van der Waals surface area (Å²) < 4.78 is 12.9. The second-order valence-corrected chi connectivity index (χ2v) is 9.10. The van der Waals surface area contributed by atoms with Gasteiger partial charge in [0, 0.05) is 20.1 Å². The van der Waals surface area contributed by atoms with Crippen molar-refractivity contribution >= 4 is 73.8 Å². The van der Waals surface area contributed by atoms with Gasteiger partial charge in [0.05, 0.1) is 22.5 Å². The van der Waals surface area contributed by atoms with Gasteiger partial charge in [-0.05, 0) is 80.5 Å². The molecule has 0 aliphatic rings. The molecule has 0 atom stereocenters. The van der Waals surface area contributed by atoms with Crippen molar-refractivity contribution in [1.29, 1.82) is 0 Å². The third-order valence-corrected chi connectivity index (χ3v) is 6.22. The molecule has 0 unspecified atom stereocenters. The Labute approximate surface area is 212 Å². The molecule has 160 valence electrons. The first-order valence-corrected chi connectivity index (χ1v) is 11.5. The highest BCUT2D eigenvalue weighted by atomic mass is 127. The molecule has 0 saturated heterocycles. The monoisotopic (exact) mass is 632 g/mol. The van der Waals surface area contributed by atoms with E-state index in [1.54, 1.807) is 49.7 Å². The Morgan fingerprint density at radius 2 is 1.97 bits per heavy atom. The quantitative estimate of drug-likeness (QED) is 0.179. The van der Waals surface area contributed by atoms with Crippen molar-refractivity contribution in [2.24, 2.45) is 5.10 Å². The summed E-state index contributed by atoms with van der Waals surface area (Å²) in [4.78, 5) is 12.2. The first kappa shape index (κ1) is 23.8. The highest BCUT2D eigenvalue weighted by Crippen LogP contribution is 2.35. The van der Waals surface area contributed by atoms with Gasteiger partial charge < -0.3 is 9.47 Å². The first-order valence-electron chi connectivity index (χ1n) is 8.91. The van der Waals surface area contributed by atoms with Crippen LogP contribution in [0.1, 0.15) is 21.5 Å². The Balaban J connectivity index is 1.72. The number of benzene rings is 3. The molecular weight excluding hydrogens is 618 g/mol. The van der Waals surface area contributed by atoms with Crippen molar-refractivity contribution in [3.8, 4) is 11.5 Å². The van der Waals surface area contributed by atoms with Crippen LogP contribution in [-0.2, 0) is 6.61 Å². The van der Waals surface area contributed by atoms with E-state index in [-0.39, 0.29) is 12.5 Å². The number of methoxy groups -OCH3 is 1. The van der Waals surface area contributed by atoms with Gasteiger partial charge in [0.25, 0.3) is 5.91 Å². The molecule has 0 heterocycles. The summed E-state index contributed by atoms with van der Waals surface area (Å²) in [5.41, 5.74) is 4.57. The summed E-state index contributed by atoms with van der Waals surface area (Å²) in [6.07, 6.45) is 1.54. The number of hydrazone groups is 1. The van der Waals surface area contributed by atoms with Gasteiger partial charge >= 0.3 is 0 Å². The molecule has 0 saturated carbocycles. The molecule has 1 amide bonds. The molecule has 0 aliphatic heterocycles. The molecule has 5 nitrogen and oxygen atoms in total. The third-order valence-electron chi connectivity index (χ3n) is 4.14. The van der Waals surface area contributed by atoms with Crippen molar-refractivity contribution in [2.45, 2.75) is 6.61 Å². The largest absolute Gasteiger partial charge is 0.493 e. The summed E-state index contributed by atoms with van der Waals surface area (Å²) in [6.45, 7) is 0.262. The van der Waals surface area contributed by atoms with Gasteiger partial charge in [0.2, 0.25) is 0 Å². The molecule has 0 spiro atoms. The van der Waals surface area contributed by atoms with E-state index >= 15 is 0 Å². The zero-order chi connectivity index (χ0) is 22.4. The minimum Gasteiger partial charge on any atom is -0.493 e. The standard InChI is InChI=1S/C22H16BrCl2IN2O3/c1-30-20-9-13(11-27-28-22(29)16-4-2-3-5-17(16)23)8-19(26)21(20)31-12-14-6-7-15(24)10-18(14)25/h2-11H,12H2,1H3,(H,28,29)/b27-11+. The molecule has 0 aromatic heterocycles. The van der Waals surface area contributed by atoms with Crippen LogP contribution in [0.15, 0.2) is 64.2 Å². The van der Waals surface area contributed by atoms with Crippen LogP contribution in [0.3, 0.4) is 0 Å². The van der Waals surface area contributed by atoms with Crippen LogP contribution in [0.5, 0.6) is 11.5 Å². The Hall–Kier alpha value is -1.81. The molecule has 3 rings (SSSR count). The van der Waals surface area contributed by atoms with Crippen LogP contribution in [0.2, 0.25) is 10.0 Å². The van der Waals surface area contributed by atoms with E-state index in [1.165, 1.54) is 0 Å². The molecule has 1 N–H and O–H groups in total. The number of hydrogen-bond acceptors (Lipinski definition) is 4. The summed E-state index contributed by atoms with van der Waals surface area (Å²) in [6, 6.07) is 16.0. The van der Waals surface area contributed by atoms with E-state index in [9.17, 15) is 4.79 Å². The number of ether oxygens (including phenoxy) is 2. The summed E-state index contributed by atoms with van der Waals surface area (Å²) in [7, 11) is 1.56. The fraction of sp³-hybridized carbons (Fsp3) is 0.0909. The van der Waals surface area contributed by atoms with E-state index in [0.717, 1.165) is 14.7 Å². The molecule has 0 bridgehead atoms. The summed E-state index contributed by atoms with van der Waals surface area (Å²) in [5, 5.41) is 5.14. The minimum atomic E-state index is -0.315. The maximum atomic E-state index is 12.2. The lowest BCUT2D eigenvalue weighted by Crippen LogP contribution is -2.18. The number of carbonyl (C=O) groups is 1. The van der Waals surface area contributed by atoms with Gasteiger partial charge in [-0.2, -0.15) is 5.10 Å². The number of halogens is 4. The van der Waals surface area contributed by atoms with Crippen molar-refractivity contribution in [3.63, 3.8) is 0 Å². The van der Waals surface area contributed by atoms with Crippen LogP contribution in [0.4, 0.5) is 0 Å². The zero-order valence-corrected chi connectivity index (χ0v) is 21.4. The van der Waals surface area contributed by atoms with Gasteiger partial charge in [-0.3, -0.25) is 4.79 Å². The number of rotatable bonds is 7. The molecule has 31 heavy (non-hydrogen) atoms. The summed E-state index contributed by atoms with van der Waals surface area (Å²) >= 11 is 17.7. The van der Waals surface area contributed by atoms with E-state index in [1.807, 2.05) is 18.2 Å². The van der Waals surface area contributed by atoms with Crippen LogP contribution in [0.25, 0.3) is 0 Å². The second kappa shape index (κ2) is 11.2. The topological polar surface area (TPSA) is 59.9 Å². The highest BCUT2D eigenvalue weighted by molar-refractivity contribution is 14.1. The van der Waals surface area contributed by atoms with E-state index in [4.69, 9.17) is 32.7 Å². The lowest BCUT2D eigenvalue weighted by molar-refractivity contribution is 0.0954. The first-order chi connectivity index (χ1) is 14.9. The van der Waals surface area contributed by atoms with E-state index in [2.05, 4.69) is 49.0 Å². The van der Waals surface area contributed by atoms with Gasteiger partial charge in [-0.1, -0.05) is 41.4 Å². The predicted octanol–water partition coefficient (Wildman–Crippen LogP) is 6.71. The average Bonchev–Trinajstić information content (AvgIpc) is 2.74. The van der Waals surface area contributed by atoms with Crippen molar-refractivity contribution in [3.05, 3.63) is 89.4 Å². The van der Waals surface area contributed by atoms with Crippen LogP contribution in [0, 0.1) is 3.57 Å².